The minimum atomic E-state index is -0.0474. The van der Waals surface area contributed by atoms with Crippen LogP contribution in [0, 0.1) is 12.8 Å². The summed E-state index contributed by atoms with van der Waals surface area (Å²) in [6, 6.07) is 3.59. The Morgan fingerprint density at radius 3 is 2.81 bits per heavy atom. The summed E-state index contributed by atoms with van der Waals surface area (Å²) in [5.41, 5.74) is 0.649. The molecule has 0 unspecified atom stereocenters. The van der Waals surface area contributed by atoms with Crippen LogP contribution in [0.3, 0.4) is 0 Å². The Labute approximate surface area is 95.1 Å². The molecule has 1 fully saturated rings. The maximum Gasteiger partial charge on any atom is 0.253 e. The lowest BCUT2D eigenvalue weighted by molar-refractivity contribution is -0.123. The van der Waals surface area contributed by atoms with Crippen molar-refractivity contribution >= 4 is 5.78 Å². The van der Waals surface area contributed by atoms with Gasteiger partial charge < -0.3 is 4.57 Å². The highest BCUT2D eigenvalue weighted by Crippen LogP contribution is 2.25. The molecule has 0 radical (unpaired) electrons. The van der Waals surface area contributed by atoms with Crippen LogP contribution >= 0.6 is 0 Å². The quantitative estimate of drug-likeness (QED) is 0.779. The van der Waals surface area contributed by atoms with Crippen LogP contribution in [0.1, 0.15) is 31.2 Å². The van der Waals surface area contributed by atoms with E-state index in [2.05, 4.69) is 0 Å². The standard InChI is InChI=1S/C13H17NO2/c1-10-5-4-8-14(13(10)16)9-12(15)11-6-2-3-7-11/h4-5,8,11H,2-3,6-7,9H2,1H3. The van der Waals surface area contributed by atoms with Crippen molar-refractivity contribution in [3.63, 3.8) is 0 Å². The van der Waals surface area contributed by atoms with Gasteiger partial charge in [-0.25, -0.2) is 0 Å². The molecule has 86 valence electrons. The van der Waals surface area contributed by atoms with Gasteiger partial charge in [-0.2, -0.15) is 0 Å². The number of carbonyl (C=O) groups excluding carboxylic acids is 1. The number of hydrogen-bond acceptors (Lipinski definition) is 2. The Bertz CT molecular complexity index is 441. The lowest BCUT2D eigenvalue weighted by atomic mass is 10.0. The van der Waals surface area contributed by atoms with Crippen LogP contribution in [-0.4, -0.2) is 10.4 Å². The second kappa shape index (κ2) is 4.64. The summed E-state index contributed by atoms with van der Waals surface area (Å²) in [5, 5.41) is 0. The van der Waals surface area contributed by atoms with E-state index in [1.807, 2.05) is 6.07 Å². The van der Waals surface area contributed by atoms with Crippen LogP contribution in [0.4, 0.5) is 0 Å². The largest absolute Gasteiger partial charge is 0.308 e. The van der Waals surface area contributed by atoms with Crippen LogP contribution in [-0.2, 0) is 11.3 Å². The molecule has 1 aromatic heterocycles. The third kappa shape index (κ3) is 2.23. The number of nitrogens with zero attached hydrogens (tertiary/aromatic N) is 1. The van der Waals surface area contributed by atoms with Crippen LogP contribution in [0.25, 0.3) is 0 Å². The number of rotatable bonds is 3. The van der Waals surface area contributed by atoms with Gasteiger partial charge in [-0.05, 0) is 25.8 Å². The van der Waals surface area contributed by atoms with E-state index in [0.29, 0.717) is 5.56 Å². The van der Waals surface area contributed by atoms with Crippen molar-refractivity contribution in [3.8, 4) is 0 Å². The monoisotopic (exact) mass is 219 g/mol. The van der Waals surface area contributed by atoms with Crippen molar-refractivity contribution in [2.75, 3.05) is 0 Å². The predicted molar refractivity (Wildman–Crippen MR) is 62.4 cm³/mol. The number of aryl methyl sites for hydroxylation is 1. The average molecular weight is 219 g/mol. The Morgan fingerprint density at radius 1 is 1.44 bits per heavy atom. The van der Waals surface area contributed by atoms with E-state index in [0.717, 1.165) is 25.7 Å². The first-order chi connectivity index (χ1) is 7.68. The molecule has 1 aliphatic rings. The summed E-state index contributed by atoms with van der Waals surface area (Å²) in [5.74, 6) is 0.401. The minimum Gasteiger partial charge on any atom is -0.308 e. The van der Waals surface area contributed by atoms with Crippen molar-refractivity contribution < 1.29 is 4.79 Å². The van der Waals surface area contributed by atoms with E-state index in [1.165, 1.54) is 4.57 Å². The Hall–Kier alpha value is -1.38. The molecule has 1 aliphatic carbocycles. The zero-order valence-corrected chi connectivity index (χ0v) is 9.61. The molecule has 1 heterocycles. The third-order valence-corrected chi connectivity index (χ3v) is 3.35. The van der Waals surface area contributed by atoms with Gasteiger partial charge in [0, 0.05) is 17.7 Å². The summed E-state index contributed by atoms with van der Waals surface area (Å²) in [4.78, 5) is 23.6. The van der Waals surface area contributed by atoms with Gasteiger partial charge in [-0.15, -0.1) is 0 Å². The molecule has 0 amide bonds. The molecule has 3 nitrogen and oxygen atoms in total. The van der Waals surface area contributed by atoms with E-state index in [4.69, 9.17) is 0 Å². The number of aromatic nitrogens is 1. The topological polar surface area (TPSA) is 39.1 Å². The second-order valence-corrected chi connectivity index (χ2v) is 4.57. The Kier molecular flexibility index (Phi) is 3.22. The molecule has 2 rings (SSSR count). The first kappa shape index (κ1) is 11.1. The zero-order chi connectivity index (χ0) is 11.5. The van der Waals surface area contributed by atoms with Gasteiger partial charge in [0.05, 0.1) is 6.54 Å². The molecule has 0 aromatic carbocycles. The Balaban J connectivity index is 2.11. The summed E-state index contributed by atoms with van der Waals surface area (Å²) >= 11 is 0. The molecular weight excluding hydrogens is 202 g/mol. The molecular formula is C13H17NO2. The van der Waals surface area contributed by atoms with E-state index in [9.17, 15) is 9.59 Å². The molecule has 16 heavy (non-hydrogen) atoms. The molecule has 0 bridgehead atoms. The summed E-state index contributed by atoms with van der Waals surface area (Å²) < 4.78 is 1.52. The van der Waals surface area contributed by atoms with Gasteiger partial charge in [0.1, 0.15) is 0 Å². The van der Waals surface area contributed by atoms with Crippen molar-refractivity contribution in [3.05, 3.63) is 34.2 Å². The van der Waals surface area contributed by atoms with Crippen LogP contribution in [0.15, 0.2) is 23.1 Å². The predicted octanol–water partition coefficient (Wildman–Crippen LogP) is 1.92. The number of carbonyl (C=O) groups is 1. The van der Waals surface area contributed by atoms with Crippen LogP contribution in [0.2, 0.25) is 0 Å². The lowest BCUT2D eigenvalue weighted by Gasteiger charge is -2.10. The SMILES string of the molecule is Cc1cccn(CC(=O)C2CCCC2)c1=O. The van der Waals surface area contributed by atoms with Crippen LogP contribution < -0.4 is 5.56 Å². The van der Waals surface area contributed by atoms with Crippen LogP contribution in [0.5, 0.6) is 0 Å². The normalized spacial score (nSPS) is 16.6. The van der Waals surface area contributed by atoms with E-state index < -0.39 is 0 Å². The average Bonchev–Trinajstić information content (AvgIpc) is 2.78. The molecule has 0 spiro atoms. The third-order valence-electron chi connectivity index (χ3n) is 3.35. The molecule has 1 aromatic rings. The molecule has 3 heteroatoms. The zero-order valence-electron chi connectivity index (χ0n) is 9.61. The summed E-state index contributed by atoms with van der Waals surface area (Å²) in [6.07, 6.45) is 6.00. The van der Waals surface area contributed by atoms with Gasteiger partial charge in [0.2, 0.25) is 0 Å². The lowest BCUT2D eigenvalue weighted by Crippen LogP contribution is -2.27. The van der Waals surface area contributed by atoms with E-state index >= 15 is 0 Å². The molecule has 0 aliphatic heterocycles. The second-order valence-electron chi connectivity index (χ2n) is 4.57. The van der Waals surface area contributed by atoms with Gasteiger partial charge in [-0.1, -0.05) is 18.9 Å². The summed E-state index contributed by atoms with van der Waals surface area (Å²) in [7, 11) is 0. The fraction of sp³-hybridized carbons (Fsp3) is 0.538. The minimum absolute atomic E-state index is 0.0474. The highest BCUT2D eigenvalue weighted by atomic mass is 16.1. The van der Waals surface area contributed by atoms with Gasteiger partial charge in [0.15, 0.2) is 5.78 Å². The smallest absolute Gasteiger partial charge is 0.253 e. The number of pyridine rings is 1. The van der Waals surface area contributed by atoms with Crippen molar-refractivity contribution in [1.82, 2.24) is 4.57 Å². The Morgan fingerprint density at radius 2 is 2.12 bits per heavy atom. The van der Waals surface area contributed by atoms with Gasteiger partial charge in [-0.3, -0.25) is 9.59 Å². The highest BCUT2D eigenvalue weighted by molar-refractivity contribution is 5.81. The maximum atomic E-state index is 11.9. The fourth-order valence-corrected chi connectivity index (χ4v) is 2.33. The molecule has 0 saturated heterocycles. The highest BCUT2D eigenvalue weighted by Gasteiger charge is 2.22. The summed E-state index contributed by atoms with van der Waals surface area (Å²) in [6.45, 7) is 2.02. The molecule has 0 atom stereocenters. The van der Waals surface area contributed by atoms with Crippen molar-refractivity contribution in [2.24, 2.45) is 5.92 Å². The van der Waals surface area contributed by atoms with Gasteiger partial charge in [0.25, 0.3) is 5.56 Å². The maximum absolute atomic E-state index is 11.9. The fourth-order valence-electron chi connectivity index (χ4n) is 2.33. The number of Topliss-reactive ketones (excluding diaryl/α,β-unsaturated/α-hetero) is 1. The molecule has 1 saturated carbocycles. The number of hydrogen-bond donors (Lipinski definition) is 0. The molecule has 0 N–H and O–H groups in total. The number of ketones is 1. The van der Waals surface area contributed by atoms with E-state index in [1.54, 1.807) is 19.2 Å². The van der Waals surface area contributed by atoms with Crippen molar-refractivity contribution in [2.45, 2.75) is 39.2 Å². The van der Waals surface area contributed by atoms with Gasteiger partial charge >= 0.3 is 0 Å². The van der Waals surface area contributed by atoms with E-state index in [-0.39, 0.29) is 23.8 Å². The first-order valence-corrected chi connectivity index (χ1v) is 5.87. The first-order valence-electron chi connectivity index (χ1n) is 5.87. The van der Waals surface area contributed by atoms with Crippen molar-refractivity contribution in [1.29, 1.82) is 0 Å².